The van der Waals surface area contributed by atoms with E-state index in [9.17, 15) is 4.79 Å². The molecule has 0 aromatic rings. The Kier molecular flexibility index (Phi) is 4.61. The first kappa shape index (κ1) is 14.3. The molecule has 1 amide bonds. The third-order valence-corrected chi connectivity index (χ3v) is 5.45. The summed E-state index contributed by atoms with van der Waals surface area (Å²) >= 11 is 0. The van der Waals surface area contributed by atoms with Crippen molar-refractivity contribution in [3.8, 4) is 0 Å². The van der Waals surface area contributed by atoms with Gasteiger partial charge in [-0.2, -0.15) is 0 Å². The van der Waals surface area contributed by atoms with Crippen LogP contribution in [0.15, 0.2) is 0 Å². The normalized spacial score (nSPS) is 31.6. The molecule has 0 radical (unpaired) electrons. The van der Waals surface area contributed by atoms with Crippen LogP contribution in [-0.4, -0.2) is 61.5 Å². The molecule has 0 bridgehead atoms. The number of hydrogen-bond acceptors (Lipinski definition) is 3. The van der Waals surface area contributed by atoms with E-state index in [2.05, 4.69) is 17.3 Å². The average molecular weight is 279 g/mol. The molecule has 0 spiro atoms. The standard InChI is InChI=1S/C16H29N3O/c1-18(12-16(20)19-9-7-17-8-10-19)15-4-2-3-14(11-15)13-5-6-13/h13-15,17H,2-12H2,1H3. The van der Waals surface area contributed by atoms with Crippen molar-refractivity contribution < 1.29 is 4.79 Å². The van der Waals surface area contributed by atoms with Gasteiger partial charge < -0.3 is 10.2 Å². The largest absolute Gasteiger partial charge is 0.339 e. The first-order valence-corrected chi connectivity index (χ1v) is 8.43. The molecule has 1 saturated heterocycles. The van der Waals surface area contributed by atoms with E-state index in [1.54, 1.807) is 0 Å². The zero-order valence-corrected chi connectivity index (χ0v) is 12.8. The van der Waals surface area contributed by atoms with Crippen LogP contribution < -0.4 is 5.32 Å². The summed E-state index contributed by atoms with van der Waals surface area (Å²) in [6.07, 6.45) is 8.32. The number of amides is 1. The summed E-state index contributed by atoms with van der Waals surface area (Å²) in [6, 6.07) is 0.640. The molecule has 3 rings (SSSR count). The maximum atomic E-state index is 12.3. The van der Waals surface area contributed by atoms with Crippen molar-refractivity contribution in [2.24, 2.45) is 11.8 Å². The lowest BCUT2D eigenvalue weighted by atomic mass is 9.82. The SMILES string of the molecule is CN(CC(=O)N1CCNCC1)C1CCCC(C2CC2)C1. The molecular weight excluding hydrogens is 250 g/mol. The van der Waals surface area contributed by atoms with Crippen LogP contribution in [-0.2, 0) is 4.79 Å². The van der Waals surface area contributed by atoms with E-state index in [-0.39, 0.29) is 0 Å². The van der Waals surface area contributed by atoms with Gasteiger partial charge in [-0.3, -0.25) is 9.69 Å². The quantitative estimate of drug-likeness (QED) is 0.843. The van der Waals surface area contributed by atoms with Gasteiger partial charge in [0, 0.05) is 32.2 Å². The minimum atomic E-state index is 0.322. The first-order valence-electron chi connectivity index (χ1n) is 8.43. The molecule has 2 unspecified atom stereocenters. The Morgan fingerprint density at radius 1 is 1.15 bits per heavy atom. The van der Waals surface area contributed by atoms with Gasteiger partial charge in [-0.15, -0.1) is 0 Å². The predicted octanol–water partition coefficient (Wildman–Crippen LogP) is 1.32. The van der Waals surface area contributed by atoms with Gasteiger partial charge in [0.25, 0.3) is 0 Å². The molecule has 2 aliphatic carbocycles. The second-order valence-electron chi connectivity index (χ2n) is 6.96. The molecule has 4 nitrogen and oxygen atoms in total. The molecule has 1 heterocycles. The molecule has 1 aliphatic heterocycles. The van der Waals surface area contributed by atoms with Crippen molar-refractivity contribution in [3.05, 3.63) is 0 Å². The van der Waals surface area contributed by atoms with E-state index in [4.69, 9.17) is 0 Å². The highest BCUT2D eigenvalue weighted by Gasteiger charge is 2.36. The highest BCUT2D eigenvalue weighted by Crippen LogP contribution is 2.44. The molecule has 0 aromatic carbocycles. The number of carbonyl (C=O) groups excluding carboxylic acids is 1. The van der Waals surface area contributed by atoms with Crippen molar-refractivity contribution in [3.63, 3.8) is 0 Å². The van der Waals surface area contributed by atoms with Crippen molar-refractivity contribution in [1.82, 2.24) is 15.1 Å². The van der Waals surface area contributed by atoms with Gasteiger partial charge in [0.15, 0.2) is 0 Å². The van der Waals surface area contributed by atoms with Crippen molar-refractivity contribution in [1.29, 1.82) is 0 Å². The number of nitrogens with one attached hydrogen (secondary N) is 1. The zero-order chi connectivity index (χ0) is 13.9. The van der Waals surface area contributed by atoms with Crippen molar-refractivity contribution >= 4 is 5.91 Å². The van der Waals surface area contributed by atoms with Crippen LogP contribution in [0.25, 0.3) is 0 Å². The third kappa shape index (κ3) is 3.53. The maximum absolute atomic E-state index is 12.3. The van der Waals surface area contributed by atoms with Gasteiger partial charge in [-0.1, -0.05) is 12.8 Å². The second kappa shape index (κ2) is 6.44. The van der Waals surface area contributed by atoms with E-state index in [1.807, 2.05) is 4.90 Å². The number of carbonyl (C=O) groups is 1. The fraction of sp³-hybridized carbons (Fsp3) is 0.938. The van der Waals surface area contributed by atoms with Crippen LogP contribution in [0.1, 0.15) is 38.5 Å². The van der Waals surface area contributed by atoms with Gasteiger partial charge in [0.1, 0.15) is 0 Å². The number of nitrogens with zero attached hydrogens (tertiary/aromatic N) is 2. The summed E-state index contributed by atoms with van der Waals surface area (Å²) in [4.78, 5) is 16.7. The average Bonchev–Trinajstić information content (AvgIpc) is 3.33. The van der Waals surface area contributed by atoms with Gasteiger partial charge in [-0.05, 0) is 44.6 Å². The fourth-order valence-electron chi connectivity index (χ4n) is 3.95. The van der Waals surface area contributed by atoms with Crippen molar-refractivity contribution in [2.75, 3.05) is 39.8 Å². The lowest BCUT2D eigenvalue weighted by molar-refractivity contribution is -0.133. The fourth-order valence-corrected chi connectivity index (χ4v) is 3.95. The summed E-state index contributed by atoms with van der Waals surface area (Å²) < 4.78 is 0. The summed E-state index contributed by atoms with van der Waals surface area (Å²) in [7, 11) is 2.15. The Labute approximate surface area is 122 Å². The van der Waals surface area contributed by atoms with Gasteiger partial charge >= 0.3 is 0 Å². The van der Waals surface area contributed by atoms with Gasteiger partial charge in [0.05, 0.1) is 6.54 Å². The maximum Gasteiger partial charge on any atom is 0.236 e. The molecule has 20 heavy (non-hydrogen) atoms. The Bertz CT molecular complexity index is 337. The molecule has 2 saturated carbocycles. The number of hydrogen-bond donors (Lipinski definition) is 1. The summed E-state index contributed by atoms with van der Waals surface area (Å²) in [5.41, 5.74) is 0. The number of rotatable bonds is 4. The van der Waals surface area contributed by atoms with Gasteiger partial charge in [0.2, 0.25) is 5.91 Å². The van der Waals surface area contributed by atoms with Crippen LogP contribution in [0.4, 0.5) is 0 Å². The molecule has 114 valence electrons. The van der Waals surface area contributed by atoms with Crippen LogP contribution in [0.5, 0.6) is 0 Å². The zero-order valence-electron chi connectivity index (χ0n) is 12.8. The summed E-state index contributed by atoms with van der Waals surface area (Å²) in [5.74, 6) is 2.29. The molecule has 3 aliphatic rings. The lowest BCUT2D eigenvalue weighted by Crippen LogP contribution is -2.50. The smallest absolute Gasteiger partial charge is 0.236 e. The van der Waals surface area contributed by atoms with E-state index < -0.39 is 0 Å². The third-order valence-electron chi connectivity index (χ3n) is 5.45. The Morgan fingerprint density at radius 3 is 2.60 bits per heavy atom. The first-order chi connectivity index (χ1) is 9.74. The topological polar surface area (TPSA) is 35.6 Å². The summed E-state index contributed by atoms with van der Waals surface area (Å²) in [5, 5.41) is 3.30. The van der Waals surface area contributed by atoms with Crippen LogP contribution >= 0.6 is 0 Å². The number of likely N-dealkylation sites (N-methyl/N-ethyl adjacent to an activating group) is 1. The Balaban J connectivity index is 1.47. The van der Waals surface area contributed by atoms with Crippen LogP contribution in [0.2, 0.25) is 0 Å². The second-order valence-corrected chi connectivity index (χ2v) is 6.96. The molecular formula is C16H29N3O. The van der Waals surface area contributed by atoms with Gasteiger partial charge in [-0.25, -0.2) is 0 Å². The monoisotopic (exact) mass is 279 g/mol. The molecule has 2 atom stereocenters. The molecule has 1 N–H and O–H groups in total. The van der Waals surface area contributed by atoms with E-state index in [1.165, 1.54) is 38.5 Å². The molecule has 0 aromatic heterocycles. The van der Waals surface area contributed by atoms with E-state index in [0.29, 0.717) is 18.5 Å². The highest BCUT2D eigenvalue weighted by atomic mass is 16.2. The Morgan fingerprint density at radius 2 is 1.90 bits per heavy atom. The van der Waals surface area contributed by atoms with Crippen LogP contribution in [0.3, 0.4) is 0 Å². The molecule has 4 heteroatoms. The number of piperazine rings is 1. The minimum Gasteiger partial charge on any atom is -0.339 e. The van der Waals surface area contributed by atoms with Crippen molar-refractivity contribution in [2.45, 2.75) is 44.6 Å². The predicted molar refractivity (Wildman–Crippen MR) is 80.5 cm³/mol. The van der Waals surface area contributed by atoms with Crippen LogP contribution in [0, 0.1) is 11.8 Å². The Hall–Kier alpha value is -0.610. The lowest BCUT2D eigenvalue weighted by Gasteiger charge is -2.36. The summed E-state index contributed by atoms with van der Waals surface area (Å²) in [6.45, 7) is 4.26. The highest BCUT2D eigenvalue weighted by molar-refractivity contribution is 5.78. The van der Waals surface area contributed by atoms with E-state index in [0.717, 1.165) is 38.0 Å². The molecule has 3 fully saturated rings. The van der Waals surface area contributed by atoms with E-state index >= 15 is 0 Å². The minimum absolute atomic E-state index is 0.322.